The first-order valence-electron chi connectivity index (χ1n) is 4.54. The Labute approximate surface area is 104 Å². The highest BCUT2D eigenvalue weighted by molar-refractivity contribution is 5.62. The quantitative estimate of drug-likeness (QED) is 0.561. The predicted octanol–water partition coefficient (Wildman–Crippen LogP) is 4.03. The summed E-state index contributed by atoms with van der Waals surface area (Å²) >= 11 is 0. The number of nitrogens with two attached hydrogens (primary N) is 1. The molecule has 1 rings (SSSR count). The van der Waals surface area contributed by atoms with Crippen molar-refractivity contribution in [2.75, 3.05) is 5.73 Å². The summed E-state index contributed by atoms with van der Waals surface area (Å²) in [4.78, 5) is 0. The molecule has 0 aliphatic carbocycles. The van der Waals surface area contributed by atoms with Crippen molar-refractivity contribution in [2.24, 2.45) is 0 Å². The maximum Gasteiger partial charge on any atom is 0.420 e. The molecule has 0 saturated heterocycles. The van der Waals surface area contributed by atoms with E-state index in [1.807, 2.05) is 0 Å². The van der Waals surface area contributed by atoms with Crippen LogP contribution in [-0.4, -0.2) is 5.11 Å². The number of aromatic hydroxyl groups is 1. The normalized spacial score (nSPS) is 13.7. The van der Waals surface area contributed by atoms with E-state index < -0.39 is 46.7 Å². The summed E-state index contributed by atoms with van der Waals surface area (Å²) in [5, 5.41) is 8.89. The van der Waals surface area contributed by atoms with Crippen LogP contribution in [0.2, 0.25) is 0 Å². The smallest absolute Gasteiger partial charge is 0.420 e. The Morgan fingerprint density at radius 3 is 1.35 bits per heavy atom. The predicted molar refractivity (Wildman–Crippen MR) is 47.5 cm³/mol. The lowest BCUT2D eigenvalue weighted by molar-refractivity contribution is -0.174. The van der Waals surface area contributed by atoms with Crippen LogP contribution in [0.15, 0.2) is 6.07 Å². The molecule has 3 N–H and O–H groups in total. The lowest BCUT2D eigenvalue weighted by atomic mass is 9.96. The number of rotatable bonds is 0. The zero-order chi connectivity index (χ0) is 16.1. The molecule has 2 nitrogen and oxygen atoms in total. The van der Waals surface area contributed by atoms with Crippen LogP contribution in [0.1, 0.15) is 16.7 Å². The summed E-state index contributed by atoms with van der Waals surface area (Å²) in [5.41, 5.74) is -5.56. The van der Waals surface area contributed by atoms with Crippen LogP contribution in [0.4, 0.5) is 45.2 Å². The summed E-state index contributed by atoms with van der Waals surface area (Å²) < 4.78 is 113. The summed E-state index contributed by atoms with van der Waals surface area (Å²) in [5.74, 6) is -2.03. The van der Waals surface area contributed by atoms with Crippen LogP contribution >= 0.6 is 0 Å². The topological polar surface area (TPSA) is 46.2 Å². The van der Waals surface area contributed by atoms with E-state index in [9.17, 15) is 39.5 Å². The highest BCUT2D eigenvalue weighted by Crippen LogP contribution is 2.51. The molecule has 20 heavy (non-hydrogen) atoms. The van der Waals surface area contributed by atoms with Crippen molar-refractivity contribution in [3.05, 3.63) is 22.8 Å². The van der Waals surface area contributed by atoms with Gasteiger partial charge in [0.15, 0.2) is 0 Å². The molecule has 0 bridgehead atoms. The number of phenolic OH excluding ortho intramolecular Hbond substituents is 1. The fourth-order valence-corrected chi connectivity index (χ4v) is 1.56. The maximum absolute atomic E-state index is 12.6. The minimum absolute atomic E-state index is 0.221. The summed E-state index contributed by atoms with van der Waals surface area (Å²) in [6.45, 7) is 0. The fraction of sp³-hybridized carbons (Fsp3) is 0.333. The second kappa shape index (κ2) is 4.35. The lowest BCUT2D eigenvalue weighted by Gasteiger charge is -2.22. The van der Waals surface area contributed by atoms with E-state index in [0.29, 0.717) is 0 Å². The Hall–Kier alpha value is -1.81. The number of halogens is 9. The van der Waals surface area contributed by atoms with Crippen molar-refractivity contribution in [3.8, 4) is 5.75 Å². The van der Waals surface area contributed by atoms with Crippen LogP contribution in [0, 0.1) is 0 Å². The van der Waals surface area contributed by atoms with Crippen molar-refractivity contribution in [2.45, 2.75) is 18.5 Å². The molecule has 1 aromatic rings. The minimum atomic E-state index is -6.01. The van der Waals surface area contributed by atoms with Crippen LogP contribution in [-0.2, 0) is 18.5 Å². The second-order valence-electron chi connectivity index (χ2n) is 3.60. The number of hydrogen-bond acceptors (Lipinski definition) is 2. The van der Waals surface area contributed by atoms with Gasteiger partial charge in [0.05, 0.1) is 11.1 Å². The van der Waals surface area contributed by atoms with E-state index in [-0.39, 0.29) is 6.07 Å². The van der Waals surface area contributed by atoms with Crippen molar-refractivity contribution >= 4 is 5.69 Å². The Morgan fingerprint density at radius 2 is 1.05 bits per heavy atom. The molecule has 1 aromatic carbocycles. The molecule has 0 atom stereocenters. The third-order valence-corrected chi connectivity index (χ3v) is 2.19. The van der Waals surface area contributed by atoms with Gasteiger partial charge >= 0.3 is 18.5 Å². The molecular formula is C9H4F9NO. The summed E-state index contributed by atoms with van der Waals surface area (Å²) in [6, 6.07) is -0.221. The van der Waals surface area contributed by atoms with Crippen LogP contribution in [0.25, 0.3) is 0 Å². The van der Waals surface area contributed by atoms with Gasteiger partial charge in [-0.3, -0.25) is 0 Å². The van der Waals surface area contributed by atoms with Crippen LogP contribution < -0.4 is 5.73 Å². The highest BCUT2D eigenvalue weighted by atomic mass is 19.4. The Morgan fingerprint density at radius 1 is 0.700 bits per heavy atom. The third-order valence-electron chi connectivity index (χ3n) is 2.19. The molecule has 0 radical (unpaired) electrons. The first kappa shape index (κ1) is 16.2. The van der Waals surface area contributed by atoms with Crippen molar-refractivity contribution < 1.29 is 44.6 Å². The molecule has 0 aromatic heterocycles. The average Bonchev–Trinajstić information content (AvgIpc) is 2.09. The summed E-state index contributed by atoms with van der Waals surface area (Å²) in [6.07, 6.45) is -17.6. The molecular weight excluding hydrogens is 309 g/mol. The molecule has 114 valence electrons. The minimum Gasteiger partial charge on any atom is -0.507 e. The Balaban J connectivity index is 3.97. The van der Waals surface area contributed by atoms with Gasteiger partial charge in [-0.15, -0.1) is 0 Å². The van der Waals surface area contributed by atoms with Gasteiger partial charge in [-0.1, -0.05) is 0 Å². The SMILES string of the molecule is Nc1cc(O)c(C(F)(F)F)c(C(F)(F)F)c1C(F)(F)F. The zero-order valence-electron chi connectivity index (χ0n) is 9.00. The fourth-order valence-electron chi connectivity index (χ4n) is 1.56. The number of anilines is 1. The molecule has 0 aliphatic heterocycles. The van der Waals surface area contributed by atoms with Crippen molar-refractivity contribution in [1.82, 2.24) is 0 Å². The van der Waals surface area contributed by atoms with Gasteiger partial charge in [0.1, 0.15) is 11.3 Å². The number of benzene rings is 1. The highest BCUT2D eigenvalue weighted by Gasteiger charge is 2.52. The van der Waals surface area contributed by atoms with Gasteiger partial charge in [0.2, 0.25) is 0 Å². The first-order valence-corrected chi connectivity index (χ1v) is 4.54. The van der Waals surface area contributed by atoms with Gasteiger partial charge < -0.3 is 10.8 Å². The molecule has 0 heterocycles. The van der Waals surface area contributed by atoms with E-state index in [1.165, 1.54) is 0 Å². The zero-order valence-corrected chi connectivity index (χ0v) is 9.00. The van der Waals surface area contributed by atoms with Gasteiger partial charge in [-0.25, -0.2) is 0 Å². The van der Waals surface area contributed by atoms with Crippen LogP contribution in [0.5, 0.6) is 5.75 Å². The van der Waals surface area contributed by atoms with E-state index in [1.54, 1.807) is 0 Å². The van der Waals surface area contributed by atoms with Crippen LogP contribution in [0.3, 0.4) is 0 Å². The first-order chi connectivity index (χ1) is 8.67. The lowest BCUT2D eigenvalue weighted by Crippen LogP contribution is -2.24. The van der Waals surface area contributed by atoms with Gasteiger partial charge in [0, 0.05) is 11.8 Å². The van der Waals surface area contributed by atoms with Gasteiger partial charge in [-0.2, -0.15) is 39.5 Å². The monoisotopic (exact) mass is 313 g/mol. The molecule has 0 saturated carbocycles. The van der Waals surface area contributed by atoms with Crippen molar-refractivity contribution in [1.29, 1.82) is 0 Å². The largest absolute Gasteiger partial charge is 0.507 e. The molecule has 0 unspecified atom stereocenters. The standard InChI is InChI=1S/C9H4F9NO/c10-7(11,12)4-2(19)1-3(20)5(8(13,14)15)6(4)9(16,17)18/h1,20H,19H2. The van der Waals surface area contributed by atoms with Crippen molar-refractivity contribution in [3.63, 3.8) is 0 Å². The van der Waals surface area contributed by atoms with E-state index in [0.717, 1.165) is 0 Å². The number of hydrogen-bond donors (Lipinski definition) is 2. The van der Waals surface area contributed by atoms with Gasteiger partial charge in [0.25, 0.3) is 0 Å². The molecule has 0 aliphatic rings. The number of phenols is 1. The molecule has 0 fully saturated rings. The Kier molecular flexibility index (Phi) is 3.53. The Bertz CT molecular complexity index is 488. The summed E-state index contributed by atoms with van der Waals surface area (Å²) in [7, 11) is 0. The molecule has 0 amide bonds. The number of alkyl halides is 9. The molecule has 11 heteroatoms. The number of nitrogen functional groups attached to an aromatic ring is 1. The third kappa shape index (κ3) is 2.85. The van der Waals surface area contributed by atoms with E-state index in [2.05, 4.69) is 5.73 Å². The molecule has 0 spiro atoms. The van der Waals surface area contributed by atoms with Gasteiger partial charge in [-0.05, 0) is 0 Å². The van der Waals surface area contributed by atoms with E-state index in [4.69, 9.17) is 5.11 Å². The average molecular weight is 313 g/mol. The second-order valence-corrected chi connectivity index (χ2v) is 3.60. The van der Waals surface area contributed by atoms with E-state index >= 15 is 0 Å². The maximum atomic E-state index is 12.6.